The lowest BCUT2D eigenvalue weighted by molar-refractivity contribution is 0.115. The molecule has 108 valence electrons. The summed E-state index contributed by atoms with van der Waals surface area (Å²) >= 11 is 0.957. The van der Waals surface area contributed by atoms with Crippen molar-refractivity contribution in [2.24, 2.45) is 0 Å². The number of aromatic nitrogens is 2. The van der Waals surface area contributed by atoms with Crippen LogP contribution in [0.2, 0.25) is 0 Å². The van der Waals surface area contributed by atoms with Crippen LogP contribution < -0.4 is 10.1 Å². The SMILES string of the molecule is OC(CNc1ccc(F)c(F)c1F)COc1cnsn1. The number of rotatable bonds is 6. The highest BCUT2D eigenvalue weighted by Gasteiger charge is 2.14. The van der Waals surface area contributed by atoms with E-state index in [4.69, 9.17) is 4.74 Å². The summed E-state index contributed by atoms with van der Waals surface area (Å²) < 4.78 is 51.5. The predicted octanol–water partition coefficient (Wildman–Crippen LogP) is 1.81. The Hall–Kier alpha value is -1.87. The maximum Gasteiger partial charge on any atom is 0.245 e. The molecule has 20 heavy (non-hydrogen) atoms. The van der Waals surface area contributed by atoms with Crippen LogP contribution in [-0.2, 0) is 0 Å². The predicted molar refractivity (Wildman–Crippen MR) is 66.2 cm³/mol. The second-order valence-electron chi connectivity index (χ2n) is 3.81. The maximum absolute atomic E-state index is 13.3. The Morgan fingerprint density at radius 2 is 2.10 bits per heavy atom. The Morgan fingerprint density at radius 3 is 2.80 bits per heavy atom. The van der Waals surface area contributed by atoms with Gasteiger partial charge in [0.1, 0.15) is 18.9 Å². The summed E-state index contributed by atoms with van der Waals surface area (Å²) in [6.07, 6.45) is 0.407. The molecule has 0 aliphatic rings. The van der Waals surface area contributed by atoms with E-state index >= 15 is 0 Å². The van der Waals surface area contributed by atoms with Crippen molar-refractivity contribution in [2.45, 2.75) is 6.10 Å². The van der Waals surface area contributed by atoms with Gasteiger partial charge in [0, 0.05) is 6.54 Å². The number of aliphatic hydroxyl groups excluding tert-OH is 1. The summed E-state index contributed by atoms with van der Waals surface area (Å²) in [5.74, 6) is -3.89. The summed E-state index contributed by atoms with van der Waals surface area (Å²) in [6.45, 7) is -0.191. The van der Waals surface area contributed by atoms with Gasteiger partial charge in [0.25, 0.3) is 0 Å². The van der Waals surface area contributed by atoms with Gasteiger partial charge in [-0.05, 0) is 12.1 Å². The van der Waals surface area contributed by atoms with Gasteiger partial charge < -0.3 is 15.2 Å². The van der Waals surface area contributed by atoms with Gasteiger partial charge in [-0.1, -0.05) is 0 Å². The molecule has 1 atom stereocenters. The molecule has 0 aliphatic heterocycles. The van der Waals surface area contributed by atoms with E-state index in [9.17, 15) is 18.3 Å². The van der Waals surface area contributed by atoms with Crippen LogP contribution in [0.4, 0.5) is 18.9 Å². The first-order chi connectivity index (χ1) is 9.58. The molecule has 0 saturated heterocycles. The highest BCUT2D eigenvalue weighted by molar-refractivity contribution is 6.99. The average Bonchev–Trinajstić information content (AvgIpc) is 2.95. The quantitative estimate of drug-likeness (QED) is 0.797. The van der Waals surface area contributed by atoms with Crippen LogP contribution in [0.15, 0.2) is 18.3 Å². The number of hydrogen-bond donors (Lipinski definition) is 2. The standard InChI is InChI=1S/C11H10F3N3O2S/c12-7-1-2-8(11(14)10(7)13)15-3-6(18)5-19-9-4-16-20-17-9/h1-2,4,6,15,18H,3,5H2. The Bertz CT molecular complexity index is 568. The average molecular weight is 305 g/mol. The van der Waals surface area contributed by atoms with E-state index in [0.29, 0.717) is 0 Å². The second kappa shape index (κ2) is 6.53. The molecule has 0 amide bonds. The van der Waals surface area contributed by atoms with Crippen molar-refractivity contribution in [1.82, 2.24) is 8.75 Å². The fourth-order valence-corrected chi connectivity index (χ4v) is 1.72. The minimum Gasteiger partial charge on any atom is -0.473 e. The van der Waals surface area contributed by atoms with E-state index in [1.165, 1.54) is 6.20 Å². The first kappa shape index (κ1) is 14.5. The fourth-order valence-electron chi connectivity index (χ4n) is 1.35. The monoisotopic (exact) mass is 305 g/mol. The Balaban J connectivity index is 1.84. The van der Waals surface area contributed by atoms with Crippen LogP contribution in [0.1, 0.15) is 0 Å². The van der Waals surface area contributed by atoms with Gasteiger partial charge in [-0.15, -0.1) is 4.37 Å². The zero-order valence-corrected chi connectivity index (χ0v) is 10.8. The van der Waals surface area contributed by atoms with Gasteiger partial charge in [0.15, 0.2) is 17.5 Å². The summed E-state index contributed by atoms with van der Waals surface area (Å²) in [4.78, 5) is 0. The van der Waals surface area contributed by atoms with Crippen LogP contribution in [0, 0.1) is 17.5 Å². The molecular weight excluding hydrogens is 295 g/mol. The minimum absolute atomic E-state index is 0.0935. The molecule has 0 spiro atoms. The Labute approximate surface area is 116 Å². The lowest BCUT2D eigenvalue weighted by atomic mass is 10.2. The number of anilines is 1. The summed E-state index contributed by atoms with van der Waals surface area (Å²) in [7, 11) is 0. The van der Waals surface area contributed by atoms with Crippen molar-refractivity contribution >= 4 is 17.4 Å². The van der Waals surface area contributed by atoms with Crippen LogP contribution in [0.25, 0.3) is 0 Å². The lowest BCUT2D eigenvalue weighted by Crippen LogP contribution is -2.26. The number of halogens is 3. The number of aliphatic hydroxyl groups is 1. The third-order valence-corrected chi connectivity index (χ3v) is 2.79. The fraction of sp³-hybridized carbons (Fsp3) is 0.273. The molecule has 2 aromatic rings. The first-order valence-corrected chi connectivity index (χ1v) is 6.26. The summed E-state index contributed by atoms with van der Waals surface area (Å²) in [5, 5.41) is 12.1. The second-order valence-corrected chi connectivity index (χ2v) is 4.37. The van der Waals surface area contributed by atoms with E-state index in [1.807, 2.05) is 0 Å². The van der Waals surface area contributed by atoms with E-state index in [0.717, 1.165) is 23.9 Å². The highest BCUT2D eigenvalue weighted by atomic mass is 32.1. The molecule has 0 bridgehead atoms. The molecule has 2 rings (SSSR count). The maximum atomic E-state index is 13.3. The van der Waals surface area contributed by atoms with Gasteiger partial charge in [0.05, 0.1) is 17.4 Å². The molecule has 1 heterocycles. The lowest BCUT2D eigenvalue weighted by Gasteiger charge is -2.13. The summed E-state index contributed by atoms with van der Waals surface area (Å²) in [6, 6.07) is 1.84. The molecule has 2 N–H and O–H groups in total. The van der Waals surface area contributed by atoms with Crippen molar-refractivity contribution in [2.75, 3.05) is 18.5 Å². The molecule has 9 heteroatoms. The molecule has 0 fully saturated rings. The van der Waals surface area contributed by atoms with Gasteiger partial charge in [-0.2, -0.15) is 4.37 Å². The minimum atomic E-state index is -1.56. The molecule has 0 aliphatic carbocycles. The van der Waals surface area contributed by atoms with Crippen molar-refractivity contribution in [3.63, 3.8) is 0 Å². The smallest absolute Gasteiger partial charge is 0.245 e. The number of benzene rings is 1. The van der Waals surface area contributed by atoms with Crippen LogP contribution in [-0.4, -0.2) is 33.1 Å². The van der Waals surface area contributed by atoms with E-state index in [2.05, 4.69) is 14.1 Å². The zero-order valence-electron chi connectivity index (χ0n) is 10.0. The molecule has 0 radical (unpaired) electrons. The van der Waals surface area contributed by atoms with Crippen LogP contribution in [0.3, 0.4) is 0 Å². The Kier molecular flexibility index (Phi) is 4.74. The number of nitrogens with one attached hydrogen (secondary N) is 1. The number of ether oxygens (including phenoxy) is 1. The van der Waals surface area contributed by atoms with Crippen LogP contribution >= 0.6 is 11.7 Å². The normalized spacial score (nSPS) is 12.2. The third kappa shape index (κ3) is 3.58. The molecule has 1 aromatic heterocycles. The van der Waals surface area contributed by atoms with Gasteiger partial charge in [-0.3, -0.25) is 0 Å². The number of hydrogen-bond acceptors (Lipinski definition) is 6. The summed E-state index contributed by atoms with van der Waals surface area (Å²) in [5.41, 5.74) is -0.238. The van der Waals surface area contributed by atoms with Gasteiger partial charge in [0.2, 0.25) is 5.88 Å². The first-order valence-electron chi connectivity index (χ1n) is 5.53. The van der Waals surface area contributed by atoms with Crippen molar-refractivity contribution < 1.29 is 23.0 Å². The van der Waals surface area contributed by atoms with E-state index < -0.39 is 23.6 Å². The zero-order chi connectivity index (χ0) is 14.5. The van der Waals surface area contributed by atoms with Gasteiger partial charge in [-0.25, -0.2) is 13.2 Å². The highest BCUT2D eigenvalue weighted by Crippen LogP contribution is 2.19. The third-order valence-electron chi connectivity index (χ3n) is 2.33. The molecular formula is C11H10F3N3O2S. The molecule has 0 saturated carbocycles. The van der Waals surface area contributed by atoms with Crippen molar-refractivity contribution in [3.05, 3.63) is 35.8 Å². The molecule has 5 nitrogen and oxygen atoms in total. The number of nitrogens with zero attached hydrogens (tertiary/aromatic N) is 2. The Morgan fingerprint density at radius 1 is 1.30 bits per heavy atom. The molecule has 1 unspecified atom stereocenters. The van der Waals surface area contributed by atoms with Gasteiger partial charge >= 0.3 is 0 Å². The largest absolute Gasteiger partial charge is 0.473 e. The van der Waals surface area contributed by atoms with Crippen LogP contribution in [0.5, 0.6) is 5.88 Å². The van der Waals surface area contributed by atoms with Crippen molar-refractivity contribution in [3.8, 4) is 5.88 Å². The van der Waals surface area contributed by atoms with E-state index in [-0.39, 0.29) is 24.7 Å². The van der Waals surface area contributed by atoms with Crippen molar-refractivity contribution in [1.29, 1.82) is 0 Å². The van der Waals surface area contributed by atoms with E-state index in [1.54, 1.807) is 0 Å². The molecule has 1 aromatic carbocycles. The topological polar surface area (TPSA) is 67.3 Å².